The summed E-state index contributed by atoms with van der Waals surface area (Å²) in [6, 6.07) is 20.0. The standard InChI is InChI=1S/C21H26N4O2/c1-16(20(26)23-21(22)27)24-12-14-25(15-13-24)19(17-8-4-2-5-9-17)18-10-6-3-7-11-18/h2-11,16,19H,12-15H2,1H3,(H3,22,23,26,27). The highest BCUT2D eigenvalue weighted by atomic mass is 16.2. The second-order valence-electron chi connectivity index (χ2n) is 6.83. The fourth-order valence-corrected chi connectivity index (χ4v) is 3.66. The van der Waals surface area contributed by atoms with Crippen molar-refractivity contribution in [3.05, 3.63) is 71.8 Å². The average Bonchev–Trinajstić information content (AvgIpc) is 2.69. The van der Waals surface area contributed by atoms with Crippen LogP contribution in [0.4, 0.5) is 4.79 Å². The Morgan fingerprint density at radius 1 is 0.852 bits per heavy atom. The zero-order valence-corrected chi connectivity index (χ0v) is 15.5. The van der Waals surface area contributed by atoms with Gasteiger partial charge in [0.25, 0.3) is 0 Å². The van der Waals surface area contributed by atoms with Crippen molar-refractivity contribution in [3.8, 4) is 0 Å². The Morgan fingerprint density at radius 3 is 1.74 bits per heavy atom. The molecule has 2 aromatic carbocycles. The van der Waals surface area contributed by atoms with Gasteiger partial charge in [0, 0.05) is 26.2 Å². The van der Waals surface area contributed by atoms with E-state index in [1.54, 1.807) is 6.92 Å². The van der Waals surface area contributed by atoms with Crippen LogP contribution in [0.25, 0.3) is 0 Å². The van der Waals surface area contributed by atoms with E-state index in [-0.39, 0.29) is 18.0 Å². The molecule has 1 atom stereocenters. The number of nitrogens with one attached hydrogen (secondary N) is 1. The van der Waals surface area contributed by atoms with Crippen molar-refractivity contribution in [1.82, 2.24) is 15.1 Å². The number of nitrogens with zero attached hydrogens (tertiary/aromatic N) is 2. The lowest BCUT2D eigenvalue weighted by atomic mass is 9.96. The van der Waals surface area contributed by atoms with E-state index in [0.717, 1.165) is 26.2 Å². The topological polar surface area (TPSA) is 78.7 Å². The molecule has 0 aliphatic carbocycles. The molecule has 1 aliphatic heterocycles. The zero-order chi connectivity index (χ0) is 19.2. The molecule has 6 heteroatoms. The summed E-state index contributed by atoms with van der Waals surface area (Å²) in [7, 11) is 0. The van der Waals surface area contributed by atoms with E-state index in [2.05, 4.69) is 63.6 Å². The van der Waals surface area contributed by atoms with Crippen molar-refractivity contribution >= 4 is 11.9 Å². The second-order valence-corrected chi connectivity index (χ2v) is 6.83. The van der Waals surface area contributed by atoms with Crippen LogP contribution in [-0.2, 0) is 4.79 Å². The van der Waals surface area contributed by atoms with Crippen molar-refractivity contribution in [2.24, 2.45) is 5.73 Å². The highest BCUT2D eigenvalue weighted by Crippen LogP contribution is 2.29. The van der Waals surface area contributed by atoms with Crippen molar-refractivity contribution in [2.75, 3.05) is 26.2 Å². The molecule has 0 radical (unpaired) electrons. The SMILES string of the molecule is CC(C(=O)NC(N)=O)N1CCN(C(c2ccccc2)c2ccccc2)CC1. The zero-order valence-electron chi connectivity index (χ0n) is 15.5. The quantitative estimate of drug-likeness (QED) is 0.848. The molecule has 6 nitrogen and oxygen atoms in total. The Morgan fingerprint density at radius 2 is 1.30 bits per heavy atom. The Hall–Kier alpha value is -2.70. The van der Waals surface area contributed by atoms with Gasteiger partial charge in [-0.05, 0) is 18.1 Å². The molecule has 27 heavy (non-hydrogen) atoms. The number of hydrogen-bond donors (Lipinski definition) is 2. The van der Waals surface area contributed by atoms with Gasteiger partial charge in [0.1, 0.15) is 0 Å². The molecule has 0 saturated carbocycles. The first-order valence-electron chi connectivity index (χ1n) is 9.24. The summed E-state index contributed by atoms with van der Waals surface area (Å²) in [6.45, 7) is 4.98. The van der Waals surface area contributed by atoms with Crippen molar-refractivity contribution in [2.45, 2.75) is 19.0 Å². The van der Waals surface area contributed by atoms with Gasteiger partial charge in [0.05, 0.1) is 12.1 Å². The Bertz CT molecular complexity index is 719. The molecule has 142 valence electrons. The summed E-state index contributed by atoms with van der Waals surface area (Å²) in [5.41, 5.74) is 7.58. The number of benzene rings is 2. The number of amides is 3. The number of nitrogens with two attached hydrogens (primary N) is 1. The summed E-state index contributed by atoms with van der Waals surface area (Å²) < 4.78 is 0. The van der Waals surface area contributed by atoms with Crippen LogP contribution in [-0.4, -0.2) is 54.0 Å². The van der Waals surface area contributed by atoms with Crippen LogP contribution in [0.1, 0.15) is 24.1 Å². The minimum Gasteiger partial charge on any atom is -0.351 e. The molecule has 0 spiro atoms. The molecule has 0 aromatic heterocycles. The monoisotopic (exact) mass is 366 g/mol. The summed E-state index contributed by atoms with van der Waals surface area (Å²) in [5, 5.41) is 2.17. The van der Waals surface area contributed by atoms with E-state index in [0.29, 0.717) is 0 Å². The maximum absolute atomic E-state index is 12.0. The number of urea groups is 1. The van der Waals surface area contributed by atoms with E-state index in [1.165, 1.54) is 11.1 Å². The van der Waals surface area contributed by atoms with Gasteiger partial charge in [-0.3, -0.25) is 19.9 Å². The van der Waals surface area contributed by atoms with Crippen LogP contribution in [0.15, 0.2) is 60.7 Å². The molecule has 1 fully saturated rings. The second kappa shape index (κ2) is 8.79. The van der Waals surface area contributed by atoms with E-state index >= 15 is 0 Å². The van der Waals surface area contributed by atoms with Crippen molar-refractivity contribution in [1.29, 1.82) is 0 Å². The van der Waals surface area contributed by atoms with Gasteiger partial charge in [-0.2, -0.15) is 0 Å². The molecule has 2 aromatic rings. The number of piperazine rings is 1. The summed E-state index contributed by atoms with van der Waals surface area (Å²) >= 11 is 0. The van der Waals surface area contributed by atoms with Crippen LogP contribution < -0.4 is 11.1 Å². The maximum atomic E-state index is 12.0. The number of rotatable bonds is 5. The Labute approximate surface area is 159 Å². The third-order valence-electron chi connectivity index (χ3n) is 5.12. The van der Waals surface area contributed by atoms with Crippen LogP contribution in [0.5, 0.6) is 0 Å². The minimum atomic E-state index is -0.807. The average molecular weight is 366 g/mol. The lowest BCUT2D eigenvalue weighted by Crippen LogP contribution is -2.55. The fourth-order valence-electron chi connectivity index (χ4n) is 3.66. The Balaban J connectivity index is 1.72. The van der Waals surface area contributed by atoms with Crippen LogP contribution in [0.3, 0.4) is 0 Å². The molecular formula is C21H26N4O2. The van der Waals surface area contributed by atoms with Gasteiger partial charge < -0.3 is 5.73 Å². The number of hydrogen-bond acceptors (Lipinski definition) is 4. The van der Waals surface area contributed by atoms with Gasteiger partial charge in [0.2, 0.25) is 5.91 Å². The van der Waals surface area contributed by atoms with E-state index < -0.39 is 6.03 Å². The predicted molar refractivity (Wildman–Crippen MR) is 105 cm³/mol. The number of carbonyl (C=O) groups excluding carboxylic acids is 2. The van der Waals surface area contributed by atoms with E-state index in [4.69, 9.17) is 5.73 Å². The first kappa shape index (κ1) is 19.1. The van der Waals surface area contributed by atoms with Crippen LogP contribution in [0, 0.1) is 0 Å². The summed E-state index contributed by atoms with van der Waals surface area (Å²) in [5.74, 6) is -0.349. The molecule has 3 amide bonds. The molecule has 1 heterocycles. The van der Waals surface area contributed by atoms with Crippen molar-refractivity contribution < 1.29 is 9.59 Å². The van der Waals surface area contributed by atoms with E-state index in [9.17, 15) is 9.59 Å². The summed E-state index contributed by atoms with van der Waals surface area (Å²) in [4.78, 5) is 27.5. The Kier molecular flexibility index (Phi) is 6.21. The highest BCUT2D eigenvalue weighted by Gasteiger charge is 2.30. The fraction of sp³-hybridized carbons (Fsp3) is 0.333. The normalized spacial score (nSPS) is 16.8. The third kappa shape index (κ3) is 4.72. The van der Waals surface area contributed by atoms with Gasteiger partial charge >= 0.3 is 6.03 Å². The lowest BCUT2D eigenvalue weighted by molar-refractivity contribution is -0.125. The molecule has 1 saturated heterocycles. The smallest absolute Gasteiger partial charge is 0.318 e. The van der Waals surface area contributed by atoms with Gasteiger partial charge in [-0.15, -0.1) is 0 Å². The first-order valence-corrected chi connectivity index (χ1v) is 9.24. The third-order valence-corrected chi connectivity index (χ3v) is 5.12. The minimum absolute atomic E-state index is 0.185. The number of primary amides is 1. The molecule has 3 rings (SSSR count). The highest BCUT2D eigenvalue weighted by molar-refractivity contribution is 5.96. The number of carbonyl (C=O) groups is 2. The van der Waals surface area contributed by atoms with Crippen LogP contribution >= 0.6 is 0 Å². The largest absolute Gasteiger partial charge is 0.351 e. The molecular weight excluding hydrogens is 340 g/mol. The molecule has 3 N–H and O–H groups in total. The van der Waals surface area contributed by atoms with Gasteiger partial charge in [-0.25, -0.2) is 4.79 Å². The predicted octanol–water partition coefficient (Wildman–Crippen LogP) is 1.98. The maximum Gasteiger partial charge on any atom is 0.318 e. The first-order chi connectivity index (χ1) is 13.1. The summed E-state index contributed by atoms with van der Waals surface area (Å²) in [6.07, 6.45) is 0. The van der Waals surface area contributed by atoms with Gasteiger partial charge in [-0.1, -0.05) is 60.7 Å². The van der Waals surface area contributed by atoms with E-state index in [1.807, 2.05) is 12.1 Å². The number of imide groups is 1. The lowest BCUT2D eigenvalue weighted by Gasteiger charge is -2.41. The molecule has 1 aliphatic rings. The molecule has 1 unspecified atom stereocenters. The van der Waals surface area contributed by atoms with Crippen LogP contribution in [0.2, 0.25) is 0 Å². The van der Waals surface area contributed by atoms with Gasteiger partial charge in [0.15, 0.2) is 0 Å². The molecule has 0 bridgehead atoms. The van der Waals surface area contributed by atoms with Crippen molar-refractivity contribution in [3.63, 3.8) is 0 Å².